The van der Waals surface area contributed by atoms with Gasteiger partial charge in [0.1, 0.15) is 6.61 Å². The van der Waals surface area contributed by atoms with Crippen LogP contribution in [0.4, 0.5) is 8.78 Å². The zero-order valence-corrected chi connectivity index (χ0v) is 10.6. The minimum atomic E-state index is -2.46. The topological polar surface area (TPSA) is 41.6 Å². The van der Waals surface area contributed by atoms with Gasteiger partial charge in [-0.15, -0.1) is 12.4 Å². The number of piperazine rings is 1. The maximum Gasteiger partial charge on any atom is 0.261 e. The van der Waals surface area contributed by atoms with Gasteiger partial charge in [-0.1, -0.05) is 0 Å². The average molecular weight is 273 g/mol. The standard InChI is InChI=1S/C10H18F2N2O2.ClH/c1-8-6-14(4-3-13-8)10(15)2-5-16-7-9(11)12;/h8-9,13H,2-7H2,1H3;1H/t8-;/m0./s1. The first-order chi connectivity index (χ1) is 7.59. The van der Waals surface area contributed by atoms with Crippen LogP contribution in [0, 0.1) is 0 Å². The summed E-state index contributed by atoms with van der Waals surface area (Å²) in [5.41, 5.74) is 0. The van der Waals surface area contributed by atoms with Crippen LogP contribution in [0.2, 0.25) is 0 Å². The summed E-state index contributed by atoms with van der Waals surface area (Å²) in [6.07, 6.45) is -2.28. The zero-order chi connectivity index (χ0) is 12.0. The number of nitrogens with zero attached hydrogens (tertiary/aromatic N) is 1. The van der Waals surface area contributed by atoms with E-state index in [1.807, 2.05) is 6.92 Å². The Kier molecular flexibility index (Phi) is 8.37. The molecule has 0 aliphatic carbocycles. The fourth-order valence-corrected chi connectivity index (χ4v) is 1.65. The lowest BCUT2D eigenvalue weighted by molar-refractivity contribution is -0.133. The average Bonchev–Trinajstić information content (AvgIpc) is 2.24. The van der Waals surface area contributed by atoms with Crippen LogP contribution in [-0.4, -0.2) is 56.1 Å². The first-order valence-corrected chi connectivity index (χ1v) is 5.46. The van der Waals surface area contributed by atoms with Gasteiger partial charge in [0.15, 0.2) is 0 Å². The molecule has 1 aliphatic rings. The number of carbonyl (C=O) groups is 1. The number of ether oxygens (including phenoxy) is 1. The summed E-state index contributed by atoms with van der Waals surface area (Å²) in [6.45, 7) is 3.62. The van der Waals surface area contributed by atoms with Crippen LogP contribution in [0.1, 0.15) is 13.3 Å². The van der Waals surface area contributed by atoms with Crippen LogP contribution >= 0.6 is 12.4 Å². The molecule has 102 valence electrons. The number of hydrogen-bond acceptors (Lipinski definition) is 3. The first-order valence-electron chi connectivity index (χ1n) is 5.46. The van der Waals surface area contributed by atoms with E-state index in [0.29, 0.717) is 19.1 Å². The minimum absolute atomic E-state index is 0. The molecule has 0 aromatic rings. The van der Waals surface area contributed by atoms with Crippen molar-refractivity contribution in [2.75, 3.05) is 32.8 Å². The Bertz CT molecular complexity index is 232. The summed E-state index contributed by atoms with van der Waals surface area (Å²) in [5.74, 6) is -0.0254. The maximum atomic E-state index is 11.7. The molecule has 1 amide bonds. The van der Waals surface area contributed by atoms with Gasteiger partial charge in [-0.2, -0.15) is 0 Å². The molecule has 0 unspecified atom stereocenters. The Morgan fingerprint density at radius 1 is 1.59 bits per heavy atom. The molecule has 1 atom stereocenters. The largest absolute Gasteiger partial charge is 0.375 e. The molecule has 0 radical (unpaired) electrons. The molecule has 1 rings (SSSR count). The quantitative estimate of drug-likeness (QED) is 0.756. The molecule has 1 aliphatic heterocycles. The number of rotatable bonds is 5. The molecule has 0 bridgehead atoms. The summed E-state index contributed by atoms with van der Waals surface area (Å²) in [7, 11) is 0. The van der Waals surface area contributed by atoms with Gasteiger partial charge < -0.3 is 15.0 Å². The lowest BCUT2D eigenvalue weighted by atomic mass is 10.2. The summed E-state index contributed by atoms with van der Waals surface area (Å²) in [4.78, 5) is 13.4. The Morgan fingerprint density at radius 2 is 2.29 bits per heavy atom. The molecular weight excluding hydrogens is 254 g/mol. The van der Waals surface area contributed by atoms with Crippen LogP contribution in [0.15, 0.2) is 0 Å². The van der Waals surface area contributed by atoms with E-state index in [-0.39, 0.29) is 31.3 Å². The second-order valence-electron chi connectivity index (χ2n) is 3.91. The van der Waals surface area contributed by atoms with E-state index in [2.05, 4.69) is 10.1 Å². The molecule has 1 fully saturated rings. The molecule has 1 saturated heterocycles. The predicted molar refractivity (Wildman–Crippen MR) is 62.7 cm³/mol. The van der Waals surface area contributed by atoms with Gasteiger partial charge >= 0.3 is 0 Å². The van der Waals surface area contributed by atoms with Crippen molar-refractivity contribution in [2.45, 2.75) is 25.8 Å². The van der Waals surface area contributed by atoms with Crippen molar-refractivity contribution in [3.05, 3.63) is 0 Å². The molecule has 0 aromatic carbocycles. The maximum absolute atomic E-state index is 11.7. The normalized spacial score (nSPS) is 20.2. The molecule has 0 aromatic heterocycles. The predicted octanol–water partition coefficient (Wildman–Crippen LogP) is 0.900. The van der Waals surface area contributed by atoms with E-state index in [1.54, 1.807) is 4.90 Å². The van der Waals surface area contributed by atoms with E-state index in [4.69, 9.17) is 0 Å². The summed E-state index contributed by atoms with van der Waals surface area (Å²) in [6, 6.07) is 0.291. The van der Waals surface area contributed by atoms with E-state index < -0.39 is 13.0 Å². The van der Waals surface area contributed by atoms with Gasteiger partial charge in [0.2, 0.25) is 5.91 Å². The molecule has 7 heteroatoms. The van der Waals surface area contributed by atoms with E-state index >= 15 is 0 Å². The molecule has 0 saturated carbocycles. The van der Waals surface area contributed by atoms with E-state index in [0.717, 1.165) is 6.54 Å². The Morgan fingerprint density at radius 3 is 2.88 bits per heavy atom. The third-order valence-electron chi connectivity index (χ3n) is 2.43. The third-order valence-corrected chi connectivity index (χ3v) is 2.43. The van der Waals surface area contributed by atoms with Crippen LogP contribution in [0.5, 0.6) is 0 Å². The fraction of sp³-hybridized carbons (Fsp3) is 0.900. The molecule has 1 heterocycles. The van der Waals surface area contributed by atoms with Crippen molar-refractivity contribution in [2.24, 2.45) is 0 Å². The minimum Gasteiger partial charge on any atom is -0.375 e. The Hall–Kier alpha value is -0.460. The van der Waals surface area contributed by atoms with Crippen molar-refractivity contribution >= 4 is 18.3 Å². The van der Waals surface area contributed by atoms with Crippen LogP contribution < -0.4 is 5.32 Å². The second kappa shape index (κ2) is 8.60. The summed E-state index contributed by atoms with van der Waals surface area (Å²) in [5, 5.41) is 3.22. The molecule has 4 nitrogen and oxygen atoms in total. The zero-order valence-electron chi connectivity index (χ0n) is 9.83. The van der Waals surface area contributed by atoms with Gasteiger partial charge in [-0.3, -0.25) is 4.79 Å². The highest BCUT2D eigenvalue weighted by Gasteiger charge is 2.19. The molecule has 0 spiro atoms. The first kappa shape index (κ1) is 16.5. The Balaban J connectivity index is 0.00000256. The number of halogens is 3. The van der Waals surface area contributed by atoms with Crippen molar-refractivity contribution in [1.29, 1.82) is 0 Å². The fourth-order valence-electron chi connectivity index (χ4n) is 1.65. The van der Waals surface area contributed by atoms with E-state index in [1.165, 1.54) is 0 Å². The number of carbonyl (C=O) groups excluding carboxylic acids is 1. The summed E-state index contributed by atoms with van der Waals surface area (Å²) < 4.78 is 28.1. The molecular formula is C10H19ClF2N2O2. The van der Waals surface area contributed by atoms with Gasteiger partial charge in [0, 0.05) is 25.7 Å². The lowest BCUT2D eigenvalue weighted by Crippen LogP contribution is -2.51. The van der Waals surface area contributed by atoms with Crippen LogP contribution in [-0.2, 0) is 9.53 Å². The number of amides is 1. The van der Waals surface area contributed by atoms with Crippen LogP contribution in [0.3, 0.4) is 0 Å². The van der Waals surface area contributed by atoms with Gasteiger partial charge in [0.25, 0.3) is 6.43 Å². The highest BCUT2D eigenvalue weighted by atomic mass is 35.5. The highest BCUT2D eigenvalue weighted by Crippen LogP contribution is 2.02. The van der Waals surface area contributed by atoms with E-state index in [9.17, 15) is 13.6 Å². The van der Waals surface area contributed by atoms with Gasteiger partial charge in [-0.05, 0) is 6.92 Å². The number of alkyl halides is 2. The van der Waals surface area contributed by atoms with Crippen molar-refractivity contribution < 1.29 is 18.3 Å². The lowest BCUT2D eigenvalue weighted by Gasteiger charge is -2.31. The highest BCUT2D eigenvalue weighted by molar-refractivity contribution is 5.85. The monoisotopic (exact) mass is 272 g/mol. The molecule has 17 heavy (non-hydrogen) atoms. The molecule has 1 N–H and O–H groups in total. The van der Waals surface area contributed by atoms with Gasteiger partial charge in [0.05, 0.1) is 13.0 Å². The SMILES string of the molecule is C[C@H]1CN(C(=O)CCOCC(F)F)CCN1.Cl. The van der Waals surface area contributed by atoms with Crippen molar-refractivity contribution in [1.82, 2.24) is 10.2 Å². The number of hydrogen-bond donors (Lipinski definition) is 1. The smallest absolute Gasteiger partial charge is 0.261 e. The Labute approximate surface area is 106 Å². The van der Waals surface area contributed by atoms with Gasteiger partial charge in [-0.25, -0.2) is 8.78 Å². The van der Waals surface area contributed by atoms with Crippen LogP contribution in [0.25, 0.3) is 0 Å². The van der Waals surface area contributed by atoms with Crippen molar-refractivity contribution in [3.63, 3.8) is 0 Å². The summed E-state index contributed by atoms with van der Waals surface area (Å²) >= 11 is 0. The number of nitrogens with one attached hydrogen (secondary N) is 1. The second-order valence-corrected chi connectivity index (χ2v) is 3.91. The third kappa shape index (κ3) is 6.75. The van der Waals surface area contributed by atoms with Crippen molar-refractivity contribution in [3.8, 4) is 0 Å².